The Morgan fingerprint density at radius 2 is 2.00 bits per heavy atom. The highest BCUT2D eigenvalue weighted by atomic mass is 14.8. The second-order valence-corrected chi connectivity index (χ2v) is 2.65. The van der Waals surface area contributed by atoms with Gasteiger partial charge in [-0.15, -0.1) is 0 Å². The van der Waals surface area contributed by atoms with Gasteiger partial charge >= 0.3 is 0 Å². The quantitative estimate of drug-likeness (QED) is 0.664. The monoisotopic (exact) mass is 167 g/mol. The molecule has 1 heterocycles. The van der Waals surface area contributed by atoms with E-state index < -0.39 is 0 Å². The number of nitrogen functional groups attached to an aromatic ring is 1. The van der Waals surface area contributed by atoms with Crippen LogP contribution in [0.1, 0.15) is 24.2 Å². The van der Waals surface area contributed by atoms with Gasteiger partial charge in [-0.2, -0.15) is 0 Å². The lowest BCUT2D eigenvalue weighted by Crippen LogP contribution is -2.06. The summed E-state index contributed by atoms with van der Waals surface area (Å²) in [4.78, 5) is 4.10. The zero-order chi connectivity index (χ0) is 8.43. The molecule has 0 saturated heterocycles. The predicted octanol–water partition coefficient (Wildman–Crippen LogP) is 1.38. The van der Waals surface area contributed by atoms with Crippen LogP contribution in [-0.4, -0.2) is 4.98 Å². The zero-order valence-electron chi connectivity index (χ0n) is 6.89. The van der Waals surface area contributed by atoms with Crippen molar-refractivity contribution < 1.29 is 0 Å². The number of aryl methyl sites for hydroxylation is 2. The first kappa shape index (κ1) is 10.9. The molecule has 0 aliphatic heterocycles. The molecule has 1 rings (SSSR count). The summed E-state index contributed by atoms with van der Waals surface area (Å²) in [5.41, 5.74) is 14.1. The zero-order valence-corrected chi connectivity index (χ0v) is 6.89. The molecule has 12 heavy (non-hydrogen) atoms. The van der Waals surface area contributed by atoms with Crippen LogP contribution in [0.25, 0.3) is 0 Å². The maximum atomic E-state index is 5.64. The molecule has 0 fully saturated rings. The summed E-state index contributed by atoms with van der Waals surface area (Å²) in [7, 11) is 0. The van der Waals surface area contributed by atoms with Gasteiger partial charge in [0.25, 0.3) is 0 Å². The molecule has 0 saturated carbocycles. The van der Waals surface area contributed by atoms with Gasteiger partial charge in [-0.25, -0.2) is 4.98 Å². The van der Waals surface area contributed by atoms with E-state index in [4.69, 9.17) is 11.5 Å². The van der Waals surface area contributed by atoms with Crippen LogP contribution in [0.3, 0.4) is 0 Å². The van der Waals surface area contributed by atoms with Crippen molar-refractivity contribution in [3.8, 4) is 0 Å². The molecule has 0 spiro atoms. The number of hydrogen-bond donors (Lipinski definition) is 2. The summed E-state index contributed by atoms with van der Waals surface area (Å²) < 4.78 is 0. The smallest absolute Gasteiger partial charge is 0.128 e. The Hall–Kier alpha value is -1.09. The Bertz CT molecular complexity index is 245. The van der Waals surface area contributed by atoms with Crippen molar-refractivity contribution in [2.75, 3.05) is 5.73 Å². The number of aromatic nitrogens is 1. The van der Waals surface area contributed by atoms with E-state index in [1.807, 2.05) is 19.9 Å². The lowest BCUT2D eigenvalue weighted by Gasteiger charge is -2.06. The maximum Gasteiger partial charge on any atom is 0.128 e. The second kappa shape index (κ2) is 4.07. The molecule has 3 nitrogen and oxygen atoms in total. The number of rotatable bonds is 1. The largest absolute Gasteiger partial charge is 0.383 e. The van der Waals surface area contributed by atoms with Crippen LogP contribution < -0.4 is 11.5 Å². The molecular weight excluding hydrogens is 150 g/mol. The molecule has 0 aromatic carbocycles. The highest BCUT2D eigenvalue weighted by molar-refractivity contribution is 5.45. The average Bonchev–Trinajstić information content (AvgIpc) is 1.85. The normalized spacial score (nSPS) is 9.25. The molecule has 0 aliphatic carbocycles. The van der Waals surface area contributed by atoms with E-state index in [-0.39, 0.29) is 7.43 Å². The van der Waals surface area contributed by atoms with Gasteiger partial charge in [0, 0.05) is 17.8 Å². The lowest BCUT2D eigenvalue weighted by molar-refractivity contribution is 1.02. The Balaban J connectivity index is 0.00000121. The van der Waals surface area contributed by atoms with E-state index in [0.717, 1.165) is 16.8 Å². The highest BCUT2D eigenvalue weighted by Gasteiger charge is 2.02. The molecule has 0 unspecified atom stereocenters. The van der Waals surface area contributed by atoms with Gasteiger partial charge in [0.15, 0.2) is 0 Å². The molecule has 0 atom stereocenters. The first-order valence-corrected chi connectivity index (χ1v) is 3.58. The maximum absolute atomic E-state index is 5.64. The fourth-order valence-electron chi connectivity index (χ4n) is 1.16. The summed E-state index contributed by atoms with van der Waals surface area (Å²) >= 11 is 0. The van der Waals surface area contributed by atoms with Crippen molar-refractivity contribution in [1.82, 2.24) is 4.98 Å². The first-order valence-electron chi connectivity index (χ1n) is 3.58. The molecule has 0 aliphatic rings. The lowest BCUT2D eigenvalue weighted by atomic mass is 10.1. The minimum Gasteiger partial charge on any atom is -0.383 e. The van der Waals surface area contributed by atoms with Crippen molar-refractivity contribution in [3.63, 3.8) is 0 Å². The molecule has 1 aromatic rings. The van der Waals surface area contributed by atoms with E-state index in [0.29, 0.717) is 12.4 Å². The number of pyridine rings is 1. The summed E-state index contributed by atoms with van der Waals surface area (Å²) in [6.45, 7) is 4.38. The van der Waals surface area contributed by atoms with Crippen LogP contribution in [0.5, 0.6) is 0 Å². The van der Waals surface area contributed by atoms with E-state index in [2.05, 4.69) is 4.98 Å². The van der Waals surface area contributed by atoms with Gasteiger partial charge in [-0.3, -0.25) is 0 Å². The number of hydrogen-bond acceptors (Lipinski definition) is 3. The predicted molar refractivity (Wildman–Crippen MR) is 52.7 cm³/mol. The van der Waals surface area contributed by atoms with Crippen molar-refractivity contribution >= 4 is 5.82 Å². The van der Waals surface area contributed by atoms with E-state index in [1.54, 1.807) is 0 Å². The van der Waals surface area contributed by atoms with Gasteiger partial charge < -0.3 is 11.5 Å². The van der Waals surface area contributed by atoms with E-state index in [9.17, 15) is 0 Å². The molecule has 0 radical (unpaired) electrons. The third-order valence-electron chi connectivity index (χ3n) is 1.71. The van der Waals surface area contributed by atoms with Crippen LogP contribution in [0.15, 0.2) is 6.07 Å². The summed E-state index contributed by atoms with van der Waals surface area (Å²) in [6, 6.07) is 1.98. The Morgan fingerprint density at radius 3 is 2.42 bits per heavy atom. The van der Waals surface area contributed by atoms with Crippen LogP contribution in [0.2, 0.25) is 0 Å². The minimum absolute atomic E-state index is 0. The van der Waals surface area contributed by atoms with Crippen molar-refractivity contribution in [1.29, 1.82) is 0 Å². The van der Waals surface area contributed by atoms with Crippen LogP contribution in [-0.2, 0) is 6.54 Å². The van der Waals surface area contributed by atoms with Crippen LogP contribution >= 0.6 is 0 Å². The van der Waals surface area contributed by atoms with E-state index in [1.165, 1.54) is 0 Å². The molecule has 0 amide bonds. The van der Waals surface area contributed by atoms with Crippen LogP contribution in [0.4, 0.5) is 5.82 Å². The van der Waals surface area contributed by atoms with Crippen molar-refractivity contribution in [3.05, 3.63) is 22.9 Å². The van der Waals surface area contributed by atoms with Gasteiger partial charge in [-0.05, 0) is 25.5 Å². The second-order valence-electron chi connectivity index (χ2n) is 2.65. The number of anilines is 1. The molecule has 3 heteroatoms. The van der Waals surface area contributed by atoms with Gasteiger partial charge in [0.2, 0.25) is 0 Å². The summed E-state index contributed by atoms with van der Waals surface area (Å²) in [6.07, 6.45) is 0. The highest BCUT2D eigenvalue weighted by Crippen LogP contribution is 2.14. The molecule has 1 aromatic heterocycles. The number of nitrogens with zero attached hydrogens (tertiary/aromatic N) is 1. The first-order chi connectivity index (χ1) is 5.15. The average molecular weight is 167 g/mol. The summed E-state index contributed by atoms with van der Waals surface area (Å²) in [5, 5.41) is 0. The fourth-order valence-corrected chi connectivity index (χ4v) is 1.16. The third-order valence-corrected chi connectivity index (χ3v) is 1.71. The van der Waals surface area contributed by atoms with Crippen molar-refractivity contribution in [2.45, 2.75) is 27.8 Å². The topological polar surface area (TPSA) is 64.9 Å². The van der Waals surface area contributed by atoms with Gasteiger partial charge in [0.05, 0.1) is 0 Å². The summed E-state index contributed by atoms with van der Waals surface area (Å²) in [5.74, 6) is 0.560. The minimum atomic E-state index is 0. The standard InChI is InChI=1S/C8H13N3.CH4/c1-5-3-6(2)11-8(10)7(5)4-9;/h3H,4,9H2,1-2H3,(H2,10,11);1H4. The number of nitrogens with two attached hydrogens (primary N) is 2. The molecule has 4 N–H and O–H groups in total. The molecular formula is C9H17N3. The Kier molecular flexibility index (Phi) is 3.70. The fraction of sp³-hybridized carbons (Fsp3) is 0.444. The Labute approximate surface area is 73.8 Å². The van der Waals surface area contributed by atoms with Gasteiger partial charge in [0.1, 0.15) is 5.82 Å². The molecule has 0 bridgehead atoms. The SMILES string of the molecule is C.Cc1cc(C)c(CN)c(N)n1. The van der Waals surface area contributed by atoms with E-state index >= 15 is 0 Å². The van der Waals surface area contributed by atoms with Crippen molar-refractivity contribution in [2.24, 2.45) is 5.73 Å². The van der Waals surface area contributed by atoms with Gasteiger partial charge in [-0.1, -0.05) is 7.43 Å². The molecule has 68 valence electrons. The Morgan fingerprint density at radius 1 is 1.42 bits per heavy atom. The van der Waals surface area contributed by atoms with Crippen LogP contribution in [0, 0.1) is 13.8 Å². The third kappa shape index (κ3) is 1.95.